The van der Waals surface area contributed by atoms with Gasteiger partial charge in [-0.25, -0.2) is 0 Å². The van der Waals surface area contributed by atoms with Crippen LogP contribution in [0.25, 0.3) is 0 Å². The standard InChI is InChI=1S/C12H21NO3/c1-12(2)7-4-3-5-9(12)11(16)13-8-6-10(14)15/h9H,3-8H2,1-2H3,(H,13,16)(H,14,15). The van der Waals surface area contributed by atoms with Crippen LogP contribution in [0, 0.1) is 11.3 Å². The Kier molecular flexibility index (Phi) is 4.33. The smallest absolute Gasteiger partial charge is 0.305 e. The minimum absolute atomic E-state index is 0.00110. The topological polar surface area (TPSA) is 66.4 Å². The van der Waals surface area contributed by atoms with Crippen molar-refractivity contribution < 1.29 is 14.7 Å². The molecular weight excluding hydrogens is 206 g/mol. The van der Waals surface area contributed by atoms with Crippen LogP contribution in [-0.2, 0) is 9.59 Å². The fourth-order valence-corrected chi connectivity index (χ4v) is 2.40. The van der Waals surface area contributed by atoms with Crippen molar-refractivity contribution >= 4 is 11.9 Å². The van der Waals surface area contributed by atoms with E-state index in [0.29, 0.717) is 0 Å². The van der Waals surface area contributed by atoms with Gasteiger partial charge in [-0.1, -0.05) is 26.7 Å². The Balaban J connectivity index is 2.42. The summed E-state index contributed by atoms with van der Waals surface area (Å²) < 4.78 is 0. The van der Waals surface area contributed by atoms with Crippen LogP contribution in [0.15, 0.2) is 0 Å². The van der Waals surface area contributed by atoms with E-state index >= 15 is 0 Å². The number of aliphatic carboxylic acids is 1. The molecule has 0 heterocycles. The van der Waals surface area contributed by atoms with Gasteiger partial charge >= 0.3 is 5.97 Å². The summed E-state index contributed by atoms with van der Waals surface area (Å²) >= 11 is 0. The molecule has 1 amide bonds. The molecule has 0 aromatic rings. The predicted molar refractivity (Wildman–Crippen MR) is 61.0 cm³/mol. The Labute approximate surface area is 96.4 Å². The Morgan fingerprint density at radius 1 is 1.38 bits per heavy atom. The molecule has 2 N–H and O–H groups in total. The number of carbonyl (C=O) groups excluding carboxylic acids is 1. The molecule has 4 heteroatoms. The molecule has 1 rings (SSSR count). The van der Waals surface area contributed by atoms with E-state index in [-0.39, 0.29) is 30.2 Å². The number of rotatable bonds is 4. The summed E-state index contributed by atoms with van der Waals surface area (Å²) in [5.41, 5.74) is 0.0472. The summed E-state index contributed by atoms with van der Waals surface area (Å²) in [6, 6.07) is 0. The summed E-state index contributed by atoms with van der Waals surface area (Å²) in [6.45, 7) is 4.47. The summed E-state index contributed by atoms with van der Waals surface area (Å²) in [4.78, 5) is 22.2. The van der Waals surface area contributed by atoms with Gasteiger partial charge in [0.1, 0.15) is 0 Å². The van der Waals surface area contributed by atoms with Gasteiger partial charge < -0.3 is 10.4 Å². The maximum Gasteiger partial charge on any atom is 0.305 e. The van der Waals surface area contributed by atoms with E-state index < -0.39 is 5.97 Å². The zero-order valence-electron chi connectivity index (χ0n) is 10.1. The number of carboxylic acids is 1. The van der Waals surface area contributed by atoms with Crippen molar-refractivity contribution in [2.45, 2.75) is 46.0 Å². The van der Waals surface area contributed by atoms with Crippen molar-refractivity contribution in [1.29, 1.82) is 0 Å². The fraction of sp³-hybridized carbons (Fsp3) is 0.833. The Morgan fingerprint density at radius 3 is 2.62 bits per heavy atom. The van der Waals surface area contributed by atoms with Gasteiger partial charge in [-0.05, 0) is 18.3 Å². The third-order valence-electron chi connectivity index (χ3n) is 3.46. The van der Waals surface area contributed by atoms with E-state index in [0.717, 1.165) is 19.3 Å². The highest BCUT2D eigenvalue weighted by Gasteiger charge is 2.36. The van der Waals surface area contributed by atoms with E-state index in [1.54, 1.807) is 0 Å². The molecule has 1 fully saturated rings. The molecule has 4 nitrogen and oxygen atoms in total. The molecular formula is C12H21NO3. The molecule has 0 aliphatic heterocycles. The second kappa shape index (κ2) is 5.32. The van der Waals surface area contributed by atoms with Gasteiger partial charge in [0.05, 0.1) is 6.42 Å². The second-order valence-electron chi connectivity index (χ2n) is 5.22. The number of carbonyl (C=O) groups is 2. The fourth-order valence-electron chi connectivity index (χ4n) is 2.40. The van der Waals surface area contributed by atoms with Gasteiger partial charge in [0.2, 0.25) is 5.91 Å². The third-order valence-corrected chi connectivity index (χ3v) is 3.46. The zero-order chi connectivity index (χ0) is 12.2. The first-order chi connectivity index (χ1) is 7.43. The van der Waals surface area contributed by atoms with E-state index in [1.165, 1.54) is 6.42 Å². The lowest BCUT2D eigenvalue weighted by Gasteiger charge is -2.37. The zero-order valence-corrected chi connectivity index (χ0v) is 10.1. The van der Waals surface area contributed by atoms with Crippen LogP contribution in [-0.4, -0.2) is 23.5 Å². The molecule has 0 saturated heterocycles. The van der Waals surface area contributed by atoms with E-state index in [9.17, 15) is 9.59 Å². The van der Waals surface area contributed by atoms with Crippen molar-refractivity contribution in [2.24, 2.45) is 11.3 Å². The summed E-state index contributed by atoms with van der Waals surface area (Å²) in [5.74, 6) is -0.816. The Morgan fingerprint density at radius 2 is 2.06 bits per heavy atom. The second-order valence-corrected chi connectivity index (χ2v) is 5.22. The van der Waals surface area contributed by atoms with Gasteiger partial charge in [0.25, 0.3) is 0 Å². The van der Waals surface area contributed by atoms with Gasteiger partial charge in [0, 0.05) is 12.5 Å². The maximum absolute atomic E-state index is 11.9. The Bertz CT molecular complexity index is 273. The predicted octanol–water partition coefficient (Wildman–Crippen LogP) is 1.79. The lowest BCUT2D eigenvalue weighted by Crippen LogP contribution is -2.41. The quantitative estimate of drug-likeness (QED) is 0.769. The first-order valence-electron chi connectivity index (χ1n) is 5.93. The largest absolute Gasteiger partial charge is 0.481 e. The summed E-state index contributed by atoms with van der Waals surface area (Å²) in [7, 11) is 0. The lowest BCUT2D eigenvalue weighted by atomic mass is 9.68. The lowest BCUT2D eigenvalue weighted by molar-refractivity contribution is -0.137. The molecule has 1 aliphatic rings. The van der Waals surface area contributed by atoms with Crippen molar-refractivity contribution in [3.63, 3.8) is 0 Å². The number of amides is 1. The normalized spacial score (nSPS) is 23.8. The van der Waals surface area contributed by atoms with E-state index in [2.05, 4.69) is 19.2 Å². The number of hydrogen-bond acceptors (Lipinski definition) is 2. The van der Waals surface area contributed by atoms with Crippen molar-refractivity contribution in [3.8, 4) is 0 Å². The average molecular weight is 227 g/mol. The van der Waals surface area contributed by atoms with Gasteiger partial charge in [-0.3, -0.25) is 9.59 Å². The van der Waals surface area contributed by atoms with E-state index in [4.69, 9.17) is 5.11 Å². The number of hydrogen-bond donors (Lipinski definition) is 2. The van der Waals surface area contributed by atoms with Gasteiger partial charge in [-0.2, -0.15) is 0 Å². The summed E-state index contributed by atoms with van der Waals surface area (Å²) in [6.07, 6.45) is 4.28. The van der Waals surface area contributed by atoms with Crippen molar-refractivity contribution in [3.05, 3.63) is 0 Å². The molecule has 1 atom stereocenters. The monoisotopic (exact) mass is 227 g/mol. The maximum atomic E-state index is 11.9. The van der Waals surface area contributed by atoms with Crippen LogP contribution in [0.2, 0.25) is 0 Å². The van der Waals surface area contributed by atoms with Crippen LogP contribution in [0.4, 0.5) is 0 Å². The highest BCUT2D eigenvalue weighted by atomic mass is 16.4. The molecule has 92 valence electrons. The van der Waals surface area contributed by atoms with Crippen LogP contribution in [0.1, 0.15) is 46.0 Å². The summed E-state index contributed by atoms with van der Waals surface area (Å²) in [5, 5.41) is 11.2. The Hall–Kier alpha value is -1.06. The first kappa shape index (κ1) is 13.0. The molecule has 1 saturated carbocycles. The third kappa shape index (κ3) is 3.51. The molecule has 0 aromatic heterocycles. The van der Waals surface area contributed by atoms with Crippen molar-refractivity contribution in [1.82, 2.24) is 5.32 Å². The minimum Gasteiger partial charge on any atom is -0.481 e. The van der Waals surface area contributed by atoms with Crippen LogP contribution >= 0.6 is 0 Å². The van der Waals surface area contributed by atoms with Crippen molar-refractivity contribution in [2.75, 3.05) is 6.54 Å². The highest BCUT2D eigenvalue weighted by molar-refractivity contribution is 5.80. The van der Waals surface area contributed by atoms with Gasteiger partial charge in [0.15, 0.2) is 0 Å². The SMILES string of the molecule is CC1(C)CCCCC1C(=O)NCCC(=O)O. The molecule has 1 unspecified atom stereocenters. The van der Waals surface area contributed by atoms with E-state index in [1.807, 2.05) is 0 Å². The van der Waals surface area contributed by atoms with Gasteiger partial charge in [-0.15, -0.1) is 0 Å². The number of carboxylic acid groups (broad SMARTS) is 1. The number of nitrogens with one attached hydrogen (secondary N) is 1. The first-order valence-corrected chi connectivity index (χ1v) is 5.93. The minimum atomic E-state index is -0.872. The molecule has 0 spiro atoms. The molecule has 0 bridgehead atoms. The van der Waals surface area contributed by atoms with Crippen LogP contribution in [0.3, 0.4) is 0 Å². The van der Waals surface area contributed by atoms with Crippen LogP contribution < -0.4 is 5.32 Å². The molecule has 0 radical (unpaired) electrons. The molecule has 0 aromatic carbocycles. The average Bonchev–Trinajstić information content (AvgIpc) is 2.16. The van der Waals surface area contributed by atoms with Crippen LogP contribution in [0.5, 0.6) is 0 Å². The highest BCUT2D eigenvalue weighted by Crippen LogP contribution is 2.40. The molecule has 1 aliphatic carbocycles. The molecule has 16 heavy (non-hydrogen) atoms.